The molecular weight excluding hydrogens is 404 g/mol. The van der Waals surface area contributed by atoms with Gasteiger partial charge in [0.25, 0.3) is 0 Å². The Kier molecular flexibility index (Phi) is 4.53. The Hall–Kier alpha value is -2.81. The summed E-state index contributed by atoms with van der Waals surface area (Å²) < 4.78 is 0. The molecule has 2 aliphatic heterocycles. The van der Waals surface area contributed by atoms with Gasteiger partial charge in [-0.3, -0.25) is 4.79 Å². The highest BCUT2D eigenvalue weighted by Crippen LogP contribution is 2.56. The largest absolute Gasteiger partial charge is 0.370 e. The number of carbonyl (C=O) groups is 1. The number of hydrogen-bond donors (Lipinski definition) is 1. The second-order valence-corrected chi connectivity index (χ2v) is 10.9. The first-order valence-corrected chi connectivity index (χ1v) is 12.9. The maximum Gasteiger partial charge on any atom is 0.228 e. The van der Waals surface area contributed by atoms with Gasteiger partial charge in [0.05, 0.1) is 6.42 Å². The molecule has 0 saturated heterocycles. The van der Waals surface area contributed by atoms with Gasteiger partial charge in [0.1, 0.15) is 0 Å². The van der Waals surface area contributed by atoms with E-state index in [-0.39, 0.29) is 5.91 Å². The van der Waals surface area contributed by atoms with Crippen molar-refractivity contribution in [3.8, 4) is 0 Å². The summed E-state index contributed by atoms with van der Waals surface area (Å²) >= 11 is 0. The Morgan fingerprint density at radius 2 is 1.52 bits per heavy atom. The monoisotopic (exact) mass is 436 g/mol. The Morgan fingerprint density at radius 3 is 2.24 bits per heavy atom. The van der Waals surface area contributed by atoms with Crippen molar-refractivity contribution in [3.05, 3.63) is 71.3 Å². The van der Waals surface area contributed by atoms with Crippen molar-refractivity contribution in [2.45, 2.75) is 56.8 Å². The summed E-state index contributed by atoms with van der Waals surface area (Å²) in [5, 5.41) is 5.69. The van der Waals surface area contributed by atoms with E-state index in [9.17, 15) is 4.79 Å². The molecule has 0 bridgehead atoms. The summed E-state index contributed by atoms with van der Waals surface area (Å²) in [5.41, 5.74) is 6.74. The van der Waals surface area contributed by atoms with Gasteiger partial charge in [0, 0.05) is 24.5 Å². The molecule has 2 fully saturated rings. The smallest absolute Gasteiger partial charge is 0.228 e. The van der Waals surface area contributed by atoms with E-state index >= 15 is 0 Å². The Balaban J connectivity index is 1.23. The molecule has 2 aliphatic carbocycles. The zero-order chi connectivity index (χ0) is 21.9. The summed E-state index contributed by atoms with van der Waals surface area (Å²) in [5.74, 6) is 3.05. The van der Waals surface area contributed by atoms with Crippen molar-refractivity contribution < 1.29 is 4.79 Å². The van der Waals surface area contributed by atoms with Crippen molar-refractivity contribution in [2.24, 2.45) is 11.8 Å². The fourth-order valence-electron chi connectivity index (χ4n) is 7.66. The van der Waals surface area contributed by atoms with Gasteiger partial charge in [0.15, 0.2) is 0 Å². The average Bonchev–Trinajstić information content (AvgIpc) is 3.49. The fourth-order valence-corrected chi connectivity index (χ4v) is 7.66. The Labute approximate surface area is 196 Å². The van der Waals surface area contributed by atoms with Crippen LogP contribution in [0.5, 0.6) is 0 Å². The van der Waals surface area contributed by atoms with Crippen LogP contribution in [0.4, 0.5) is 11.4 Å². The summed E-state index contributed by atoms with van der Waals surface area (Å²) in [6.45, 7) is 2.50. The number of nitrogens with zero attached hydrogens (tertiary/aromatic N) is 1. The number of carbonyl (C=O) groups excluding carboxylic acids is 1. The van der Waals surface area contributed by atoms with Crippen LogP contribution in [-0.4, -0.2) is 19.0 Å². The van der Waals surface area contributed by atoms with E-state index < -0.39 is 0 Å². The van der Waals surface area contributed by atoms with Crippen molar-refractivity contribution in [1.82, 2.24) is 0 Å². The quantitative estimate of drug-likeness (QED) is 0.500. The topological polar surface area (TPSA) is 32.3 Å². The van der Waals surface area contributed by atoms with Gasteiger partial charge in [-0.25, -0.2) is 0 Å². The lowest BCUT2D eigenvalue weighted by molar-refractivity contribution is -0.115. The van der Waals surface area contributed by atoms with Crippen LogP contribution < -0.4 is 10.2 Å². The lowest BCUT2D eigenvalue weighted by atomic mass is 9.75. The minimum atomic E-state index is 0.0907. The highest BCUT2D eigenvalue weighted by atomic mass is 16.1. The molecule has 2 saturated carbocycles. The molecule has 3 heteroatoms. The third-order valence-electron chi connectivity index (χ3n) is 9.03. The normalized spacial score (nSPS) is 27.2. The first-order valence-electron chi connectivity index (χ1n) is 12.9. The number of hydrogen-bond acceptors (Lipinski definition) is 2. The molecule has 168 valence electrons. The lowest BCUT2D eigenvalue weighted by Gasteiger charge is -2.46. The molecule has 1 N–H and O–H groups in total. The third-order valence-corrected chi connectivity index (χ3v) is 9.03. The predicted octanol–water partition coefficient (Wildman–Crippen LogP) is 6.62. The summed E-state index contributed by atoms with van der Waals surface area (Å²) in [6, 6.07) is 19.3. The standard InChI is InChI=1S/C30H32N2O/c33-29(14-20-8-3-7-19-6-1-2-11-24(19)20)31-23-15-27-25-12-4-9-21(25)17-32-18-22-10-5-13-26(22)28(16-23)30(27)32/h1-3,6-8,11,15-16,21-22,25-26H,4-5,9-10,12-14,17-18H2,(H,31,33)/t21-,22-,25+,26+/m1/s1. The Bertz CT molecular complexity index is 1200. The van der Waals surface area contributed by atoms with Crippen LogP contribution in [0, 0.1) is 11.8 Å². The fraction of sp³-hybridized carbons (Fsp3) is 0.433. The molecule has 0 unspecified atom stereocenters. The number of rotatable bonds is 3. The van der Waals surface area contributed by atoms with Crippen LogP contribution in [0.15, 0.2) is 54.6 Å². The summed E-state index contributed by atoms with van der Waals surface area (Å²) in [4.78, 5) is 15.9. The highest BCUT2D eigenvalue weighted by Gasteiger charge is 2.44. The predicted molar refractivity (Wildman–Crippen MR) is 135 cm³/mol. The molecule has 3 nitrogen and oxygen atoms in total. The minimum Gasteiger partial charge on any atom is -0.370 e. The van der Waals surface area contributed by atoms with E-state index in [1.165, 1.54) is 73.5 Å². The van der Waals surface area contributed by atoms with Gasteiger partial charge in [-0.15, -0.1) is 0 Å². The summed E-state index contributed by atoms with van der Waals surface area (Å²) in [6.07, 6.45) is 8.46. The highest BCUT2D eigenvalue weighted by molar-refractivity contribution is 5.96. The molecule has 33 heavy (non-hydrogen) atoms. The van der Waals surface area contributed by atoms with Gasteiger partial charge in [-0.05, 0) is 89.0 Å². The van der Waals surface area contributed by atoms with Gasteiger partial charge in [0.2, 0.25) is 5.91 Å². The van der Waals surface area contributed by atoms with E-state index in [1.54, 1.807) is 5.69 Å². The van der Waals surface area contributed by atoms with Crippen LogP contribution in [0.1, 0.15) is 67.1 Å². The van der Waals surface area contributed by atoms with Crippen LogP contribution in [0.3, 0.4) is 0 Å². The van der Waals surface area contributed by atoms with Crippen molar-refractivity contribution in [2.75, 3.05) is 23.3 Å². The van der Waals surface area contributed by atoms with Gasteiger partial charge in [-0.2, -0.15) is 0 Å². The van der Waals surface area contributed by atoms with Crippen LogP contribution >= 0.6 is 0 Å². The van der Waals surface area contributed by atoms with E-state index in [0.717, 1.165) is 23.1 Å². The third kappa shape index (κ3) is 3.19. The molecule has 3 aromatic rings. The SMILES string of the molecule is O=C(Cc1cccc2ccccc12)Nc1cc2c3c(c1)[C@H]1CCC[C@@H]1CN3C[C@H]1CCC[C@H]21. The second kappa shape index (κ2) is 7.62. The summed E-state index contributed by atoms with van der Waals surface area (Å²) in [7, 11) is 0. The van der Waals surface area contributed by atoms with E-state index in [0.29, 0.717) is 18.3 Å². The van der Waals surface area contributed by atoms with Crippen molar-refractivity contribution in [3.63, 3.8) is 0 Å². The molecule has 4 atom stereocenters. The Morgan fingerprint density at radius 1 is 0.848 bits per heavy atom. The number of nitrogens with one attached hydrogen (secondary N) is 1. The first-order chi connectivity index (χ1) is 16.2. The van der Waals surface area contributed by atoms with Gasteiger partial charge < -0.3 is 10.2 Å². The molecule has 0 radical (unpaired) electrons. The van der Waals surface area contributed by atoms with Crippen molar-refractivity contribution >= 4 is 28.1 Å². The zero-order valence-electron chi connectivity index (χ0n) is 19.2. The van der Waals surface area contributed by atoms with Gasteiger partial charge in [-0.1, -0.05) is 55.3 Å². The van der Waals surface area contributed by atoms with Crippen molar-refractivity contribution in [1.29, 1.82) is 0 Å². The van der Waals surface area contributed by atoms with Crippen LogP contribution in [0.25, 0.3) is 10.8 Å². The molecule has 2 heterocycles. The molecule has 7 rings (SSSR count). The van der Waals surface area contributed by atoms with Gasteiger partial charge >= 0.3 is 0 Å². The number of fused-ring (bicyclic) bond motifs is 5. The molecule has 4 aliphatic rings. The maximum atomic E-state index is 13.2. The number of benzene rings is 3. The molecule has 0 aromatic heterocycles. The molecule has 1 amide bonds. The number of amides is 1. The second-order valence-electron chi connectivity index (χ2n) is 10.9. The molecule has 3 aromatic carbocycles. The zero-order valence-corrected chi connectivity index (χ0v) is 19.2. The number of anilines is 2. The van der Waals surface area contributed by atoms with Crippen LogP contribution in [-0.2, 0) is 11.2 Å². The average molecular weight is 437 g/mol. The van der Waals surface area contributed by atoms with Crippen LogP contribution in [0.2, 0.25) is 0 Å². The first kappa shape index (κ1) is 19.6. The lowest BCUT2D eigenvalue weighted by Crippen LogP contribution is -2.43. The van der Waals surface area contributed by atoms with E-state index in [4.69, 9.17) is 0 Å². The van der Waals surface area contributed by atoms with E-state index in [1.807, 2.05) is 0 Å². The minimum absolute atomic E-state index is 0.0907. The molecular formula is C30H32N2O. The van der Waals surface area contributed by atoms with E-state index in [2.05, 4.69) is 64.8 Å². The molecule has 0 spiro atoms. The maximum absolute atomic E-state index is 13.2.